The normalized spacial score (nSPS) is 13.2. The van der Waals surface area contributed by atoms with Crippen LogP contribution in [0.2, 0.25) is 0 Å². The predicted octanol–water partition coefficient (Wildman–Crippen LogP) is 2.62. The van der Waals surface area contributed by atoms with E-state index in [2.05, 4.69) is 56.4 Å². The van der Waals surface area contributed by atoms with Gasteiger partial charge in [-0.3, -0.25) is 0 Å². The Morgan fingerprint density at radius 2 is 1.69 bits per heavy atom. The van der Waals surface area contributed by atoms with Crippen LogP contribution in [-0.2, 0) is 6.42 Å². The molecule has 13 heavy (non-hydrogen) atoms. The van der Waals surface area contributed by atoms with Gasteiger partial charge in [-0.25, -0.2) is 0 Å². The monoisotopic (exact) mass is 177 g/mol. The van der Waals surface area contributed by atoms with Crippen LogP contribution in [0.4, 0.5) is 0 Å². The van der Waals surface area contributed by atoms with Crippen LogP contribution >= 0.6 is 0 Å². The van der Waals surface area contributed by atoms with Gasteiger partial charge in [0.15, 0.2) is 0 Å². The molecule has 0 unspecified atom stereocenters. The molecule has 0 spiro atoms. The first-order chi connectivity index (χ1) is 6.18. The number of benzene rings is 1. The summed E-state index contributed by atoms with van der Waals surface area (Å²) >= 11 is 0. The molecule has 0 aromatic heterocycles. The van der Waals surface area contributed by atoms with Crippen LogP contribution < -0.4 is 5.32 Å². The zero-order valence-electron chi connectivity index (χ0n) is 8.75. The molecular weight excluding hydrogens is 158 g/mol. The zero-order valence-corrected chi connectivity index (χ0v) is 8.75. The van der Waals surface area contributed by atoms with E-state index in [1.165, 1.54) is 5.56 Å². The number of rotatable bonds is 4. The molecule has 1 rings (SSSR count). The third-order valence-corrected chi connectivity index (χ3v) is 2.00. The second kappa shape index (κ2) is 5.03. The molecule has 1 atom stereocenters. The van der Waals surface area contributed by atoms with E-state index in [1.54, 1.807) is 0 Å². The highest BCUT2D eigenvalue weighted by atomic mass is 14.9. The van der Waals surface area contributed by atoms with Gasteiger partial charge in [-0.1, -0.05) is 44.2 Å². The minimum atomic E-state index is 0.558. The third-order valence-electron chi connectivity index (χ3n) is 2.00. The molecule has 0 bridgehead atoms. The van der Waals surface area contributed by atoms with E-state index in [0.717, 1.165) is 6.42 Å². The minimum absolute atomic E-state index is 0.558. The van der Waals surface area contributed by atoms with Crippen molar-refractivity contribution in [2.45, 2.75) is 39.3 Å². The molecule has 0 aliphatic carbocycles. The van der Waals surface area contributed by atoms with Crippen LogP contribution in [0.1, 0.15) is 26.3 Å². The van der Waals surface area contributed by atoms with Crippen molar-refractivity contribution in [1.29, 1.82) is 0 Å². The second-order valence-electron chi connectivity index (χ2n) is 3.91. The van der Waals surface area contributed by atoms with Crippen molar-refractivity contribution in [1.82, 2.24) is 5.32 Å². The number of nitrogens with one attached hydrogen (secondary N) is 1. The maximum absolute atomic E-state index is 3.49. The van der Waals surface area contributed by atoms with Gasteiger partial charge in [0.25, 0.3) is 0 Å². The number of hydrogen-bond donors (Lipinski definition) is 1. The lowest BCUT2D eigenvalue weighted by Crippen LogP contribution is -2.33. The molecule has 0 saturated carbocycles. The summed E-state index contributed by atoms with van der Waals surface area (Å²) < 4.78 is 0. The van der Waals surface area contributed by atoms with Crippen LogP contribution in [0.25, 0.3) is 0 Å². The molecule has 72 valence electrons. The Balaban J connectivity index is 2.41. The quantitative estimate of drug-likeness (QED) is 0.745. The Labute approximate surface area is 81.2 Å². The fourth-order valence-electron chi connectivity index (χ4n) is 1.60. The molecule has 0 amide bonds. The van der Waals surface area contributed by atoms with Crippen molar-refractivity contribution in [3.05, 3.63) is 35.9 Å². The summed E-state index contributed by atoms with van der Waals surface area (Å²) in [6.07, 6.45) is 1.11. The van der Waals surface area contributed by atoms with Crippen LogP contribution in [0, 0.1) is 0 Å². The highest BCUT2D eigenvalue weighted by molar-refractivity contribution is 5.15. The first kappa shape index (κ1) is 10.3. The zero-order chi connectivity index (χ0) is 9.68. The molecule has 1 N–H and O–H groups in total. The van der Waals surface area contributed by atoms with Gasteiger partial charge in [-0.2, -0.15) is 0 Å². The molecule has 1 aromatic rings. The van der Waals surface area contributed by atoms with Crippen molar-refractivity contribution >= 4 is 0 Å². The van der Waals surface area contributed by atoms with E-state index >= 15 is 0 Å². The van der Waals surface area contributed by atoms with Gasteiger partial charge >= 0.3 is 0 Å². The fourth-order valence-corrected chi connectivity index (χ4v) is 1.60. The first-order valence-corrected chi connectivity index (χ1v) is 4.98. The molecule has 0 fully saturated rings. The van der Waals surface area contributed by atoms with E-state index < -0.39 is 0 Å². The lowest BCUT2D eigenvalue weighted by molar-refractivity contribution is 0.488. The SMILES string of the molecule is CC(C)N[C@H](C)Cc1ccccc1. The van der Waals surface area contributed by atoms with Gasteiger partial charge in [0.05, 0.1) is 0 Å². The Bertz CT molecular complexity index is 228. The van der Waals surface area contributed by atoms with Gasteiger partial charge in [-0.15, -0.1) is 0 Å². The second-order valence-corrected chi connectivity index (χ2v) is 3.91. The first-order valence-electron chi connectivity index (χ1n) is 4.98. The van der Waals surface area contributed by atoms with Crippen molar-refractivity contribution in [3.63, 3.8) is 0 Å². The largest absolute Gasteiger partial charge is 0.312 e. The Morgan fingerprint density at radius 1 is 1.08 bits per heavy atom. The molecule has 1 heteroatoms. The fraction of sp³-hybridized carbons (Fsp3) is 0.500. The topological polar surface area (TPSA) is 12.0 Å². The highest BCUT2D eigenvalue weighted by Gasteiger charge is 2.03. The van der Waals surface area contributed by atoms with Crippen molar-refractivity contribution < 1.29 is 0 Å². The van der Waals surface area contributed by atoms with Gasteiger partial charge in [0.2, 0.25) is 0 Å². The molecular formula is C12H19N. The number of hydrogen-bond acceptors (Lipinski definition) is 1. The summed E-state index contributed by atoms with van der Waals surface area (Å²) in [7, 11) is 0. The molecule has 1 nitrogen and oxygen atoms in total. The Kier molecular flexibility index (Phi) is 3.97. The Morgan fingerprint density at radius 3 is 2.23 bits per heavy atom. The van der Waals surface area contributed by atoms with Gasteiger partial charge < -0.3 is 5.32 Å². The summed E-state index contributed by atoms with van der Waals surface area (Å²) in [6, 6.07) is 11.7. The standard InChI is InChI=1S/C12H19N/c1-10(2)13-11(3)9-12-7-5-4-6-8-12/h4-8,10-11,13H,9H2,1-3H3/t11-/m1/s1. The lowest BCUT2D eigenvalue weighted by atomic mass is 10.1. The average molecular weight is 177 g/mol. The van der Waals surface area contributed by atoms with Crippen molar-refractivity contribution in [3.8, 4) is 0 Å². The van der Waals surface area contributed by atoms with Crippen LogP contribution in [0.15, 0.2) is 30.3 Å². The third kappa shape index (κ3) is 4.09. The van der Waals surface area contributed by atoms with E-state index in [1.807, 2.05) is 0 Å². The van der Waals surface area contributed by atoms with E-state index in [-0.39, 0.29) is 0 Å². The minimum Gasteiger partial charge on any atom is -0.312 e. The van der Waals surface area contributed by atoms with E-state index in [9.17, 15) is 0 Å². The van der Waals surface area contributed by atoms with Crippen LogP contribution in [0.5, 0.6) is 0 Å². The maximum atomic E-state index is 3.49. The lowest BCUT2D eigenvalue weighted by Gasteiger charge is -2.16. The summed E-state index contributed by atoms with van der Waals surface area (Å²) in [6.45, 7) is 6.59. The summed E-state index contributed by atoms with van der Waals surface area (Å²) in [4.78, 5) is 0. The van der Waals surface area contributed by atoms with Crippen LogP contribution in [-0.4, -0.2) is 12.1 Å². The van der Waals surface area contributed by atoms with E-state index in [4.69, 9.17) is 0 Å². The summed E-state index contributed by atoms with van der Waals surface area (Å²) in [5.41, 5.74) is 1.41. The van der Waals surface area contributed by atoms with Crippen molar-refractivity contribution in [2.75, 3.05) is 0 Å². The predicted molar refractivity (Wildman–Crippen MR) is 57.9 cm³/mol. The molecule has 0 aliphatic heterocycles. The van der Waals surface area contributed by atoms with Gasteiger partial charge in [0.1, 0.15) is 0 Å². The smallest absolute Gasteiger partial charge is 0.00815 e. The van der Waals surface area contributed by atoms with Gasteiger partial charge in [-0.05, 0) is 18.9 Å². The molecule has 0 heterocycles. The average Bonchev–Trinajstić information content (AvgIpc) is 2.04. The highest BCUT2D eigenvalue weighted by Crippen LogP contribution is 2.02. The van der Waals surface area contributed by atoms with Gasteiger partial charge in [0, 0.05) is 12.1 Å². The van der Waals surface area contributed by atoms with Crippen molar-refractivity contribution in [2.24, 2.45) is 0 Å². The molecule has 0 saturated heterocycles. The Hall–Kier alpha value is -0.820. The van der Waals surface area contributed by atoms with E-state index in [0.29, 0.717) is 12.1 Å². The molecule has 1 aromatic carbocycles. The summed E-state index contributed by atoms with van der Waals surface area (Å²) in [5, 5.41) is 3.49. The maximum Gasteiger partial charge on any atom is 0.00815 e. The summed E-state index contributed by atoms with van der Waals surface area (Å²) in [5.74, 6) is 0. The van der Waals surface area contributed by atoms with Crippen LogP contribution in [0.3, 0.4) is 0 Å². The molecule has 0 aliphatic rings. The molecule has 0 radical (unpaired) electrons.